The molecule has 0 aliphatic rings. The van der Waals surface area contributed by atoms with E-state index in [0.29, 0.717) is 13.1 Å². The summed E-state index contributed by atoms with van der Waals surface area (Å²) >= 11 is 0. The van der Waals surface area contributed by atoms with E-state index in [-0.39, 0.29) is 6.61 Å². The SMILES string of the molecule is C=CCN(CC#CC)CCO. The second kappa shape index (κ2) is 7.33. The van der Waals surface area contributed by atoms with Crippen molar-refractivity contribution in [2.75, 3.05) is 26.2 Å². The lowest BCUT2D eigenvalue weighted by Gasteiger charge is -2.15. The fourth-order valence-corrected chi connectivity index (χ4v) is 0.750. The highest BCUT2D eigenvalue weighted by molar-refractivity contribution is 4.98. The number of hydrogen-bond acceptors (Lipinski definition) is 2. The minimum absolute atomic E-state index is 0.180. The molecule has 0 aromatic heterocycles. The van der Waals surface area contributed by atoms with Crippen molar-refractivity contribution in [2.45, 2.75) is 6.92 Å². The first-order valence-corrected chi connectivity index (χ1v) is 3.68. The van der Waals surface area contributed by atoms with E-state index in [1.807, 2.05) is 17.9 Å². The third-order valence-electron chi connectivity index (χ3n) is 1.28. The van der Waals surface area contributed by atoms with Gasteiger partial charge in [0.1, 0.15) is 0 Å². The molecule has 0 rings (SSSR count). The molecule has 0 atom stereocenters. The first kappa shape index (κ1) is 10.2. The Kier molecular flexibility index (Phi) is 6.81. The molecule has 0 saturated carbocycles. The summed E-state index contributed by atoms with van der Waals surface area (Å²) in [6.45, 7) is 7.78. The molecule has 62 valence electrons. The van der Waals surface area contributed by atoms with Gasteiger partial charge < -0.3 is 5.11 Å². The molecule has 0 radical (unpaired) electrons. The number of rotatable bonds is 5. The van der Waals surface area contributed by atoms with Crippen molar-refractivity contribution < 1.29 is 5.11 Å². The van der Waals surface area contributed by atoms with Crippen molar-refractivity contribution in [3.8, 4) is 11.8 Å². The molecular formula is C9H15NO. The molecule has 0 spiro atoms. The summed E-state index contributed by atoms with van der Waals surface area (Å²) in [6.07, 6.45) is 1.81. The van der Waals surface area contributed by atoms with E-state index in [0.717, 1.165) is 6.54 Å². The van der Waals surface area contributed by atoms with Crippen LogP contribution in [-0.4, -0.2) is 36.2 Å². The molecule has 2 heteroatoms. The van der Waals surface area contributed by atoms with Crippen LogP contribution in [0.3, 0.4) is 0 Å². The minimum Gasteiger partial charge on any atom is -0.395 e. The summed E-state index contributed by atoms with van der Waals surface area (Å²) in [6, 6.07) is 0. The third kappa shape index (κ3) is 5.65. The van der Waals surface area contributed by atoms with Crippen molar-refractivity contribution >= 4 is 0 Å². The molecule has 0 aliphatic heterocycles. The van der Waals surface area contributed by atoms with E-state index < -0.39 is 0 Å². The van der Waals surface area contributed by atoms with Crippen LogP contribution < -0.4 is 0 Å². The van der Waals surface area contributed by atoms with Gasteiger partial charge in [-0.2, -0.15) is 0 Å². The predicted octanol–water partition coefficient (Wildman–Crippen LogP) is 0.490. The molecule has 0 aliphatic carbocycles. The van der Waals surface area contributed by atoms with Crippen LogP contribution in [0.15, 0.2) is 12.7 Å². The van der Waals surface area contributed by atoms with E-state index in [1.165, 1.54) is 0 Å². The highest BCUT2D eigenvalue weighted by Crippen LogP contribution is 1.85. The Morgan fingerprint density at radius 1 is 1.64 bits per heavy atom. The maximum Gasteiger partial charge on any atom is 0.0604 e. The Labute approximate surface area is 68.5 Å². The topological polar surface area (TPSA) is 23.5 Å². The van der Waals surface area contributed by atoms with Crippen molar-refractivity contribution in [1.29, 1.82) is 0 Å². The van der Waals surface area contributed by atoms with E-state index in [4.69, 9.17) is 5.11 Å². The first-order chi connectivity index (χ1) is 5.35. The Morgan fingerprint density at radius 2 is 2.36 bits per heavy atom. The Morgan fingerprint density at radius 3 is 2.82 bits per heavy atom. The van der Waals surface area contributed by atoms with Gasteiger partial charge in [-0.05, 0) is 6.92 Å². The maximum atomic E-state index is 8.64. The van der Waals surface area contributed by atoms with Gasteiger partial charge in [0.2, 0.25) is 0 Å². The predicted molar refractivity (Wildman–Crippen MR) is 47.2 cm³/mol. The number of aliphatic hydroxyl groups is 1. The maximum absolute atomic E-state index is 8.64. The van der Waals surface area contributed by atoms with E-state index >= 15 is 0 Å². The van der Waals surface area contributed by atoms with Crippen LogP contribution in [0.2, 0.25) is 0 Å². The summed E-state index contributed by atoms with van der Waals surface area (Å²) in [4.78, 5) is 2.03. The Bertz CT molecular complexity index is 155. The van der Waals surface area contributed by atoms with Gasteiger partial charge >= 0.3 is 0 Å². The van der Waals surface area contributed by atoms with Crippen LogP contribution in [0.1, 0.15) is 6.92 Å². The van der Waals surface area contributed by atoms with Crippen molar-refractivity contribution in [1.82, 2.24) is 4.90 Å². The zero-order chi connectivity index (χ0) is 8.53. The highest BCUT2D eigenvalue weighted by Gasteiger charge is 1.97. The lowest BCUT2D eigenvalue weighted by atomic mass is 10.4. The van der Waals surface area contributed by atoms with Gasteiger partial charge in [-0.3, -0.25) is 4.90 Å². The second-order valence-corrected chi connectivity index (χ2v) is 2.17. The zero-order valence-electron chi connectivity index (χ0n) is 7.01. The first-order valence-electron chi connectivity index (χ1n) is 3.68. The molecule has 0 heterocycles. The molecule has 0 aromatic rings. The summed E-state index contributed by atoms with van der Waals surface area (Å²) < 4.78 is 0. The lowest BCUT2D eigenvalue weighted by molar-refractivity contribution is 0.222. The summed E-state index contributed by atoms with van der Waals surface area (Å²) in [7, 11) is 0. The van der Waals surface area contributed by atoms with E-state index in [2.05, 4.69) is 18.4 Å². The van der Waals surface area contributed by atoms with Gasteiger partial charge in [-0.1, -0.05) is 12.0 Å². The summed E-state index contributed by atoms with van der Waals surface area (Å²) in [5.41, 5.74) is 0. The Balaban J connectivity index is 3.64. The lowest BCUT2D eigenvalue weighted by Crippen LogP contribution is -2.27. The number of hydrogen-bond donors (Lipinski definition) is 1. The average Bonchev–Trinajstić information content (AvgIpc) is 2.01. The molecule has 0 unspecified atom stereocenters. The zero-order valence-corrected chi connectivity index (χ0v) is 7.01. The standard InChI is InChI=1S/C9H15NO/c1-3-5-7-10(6-4-2)8-9-11/h4,11H,2,6-9H2,1H3. The van der Waals surface area contributed by atoms with E-state index in [9.17, 15) is 0 Å². The van der Waals surface area contributed by atoms with E-state index in [1.54, 1.807) is 0 Å². The molecular weight excluding hydrogens is 138 g/mol. The normalized spacial score (nSPS) is 9.00. The number of aliphatic hydroxyl groups excluding tert-OH is 1. The largest absolute Gasteiger partial charge is 0.395 e. The molecule has 2 nitrogen and oxygen atoms in total. The number of nitrogens with zero attached hydrogens (tertiary/aromatic N) is 1. The quantitative estimate of drug-likeness (QED) is 0.459. The molecule has 11 heavy (non-hydrogen) atoms. The van der Waals surface area contributed by atoms with Gasteiger partial charge in [-0.25, -0.2) is 0 Å². The minimum atomic E-state index is 0.180. The van der Waals surface area contributed by atoms with Gasteiger partial charge in [0, 0.05) is 13.1 Å². The Hall–Kier alpha value is -0.780. The van der Waals surface area contributed by atoms with Crippen LogP contribution in [-0.2, 0) is 0 Å². The van der Waals surface area contributed by atoms with Gasteiger partial charge in [0.25, 0.3) is 0 Å². The smallest absolute Gasteiger partial charge is 0.0604 e. The van der Waals surface area contributed by atoms with Crippen molar-refractivity contribution in [2.24, 2.45) is 0 Å². The molecule has 0 amide bonds. The van der Waals surface area contributed by atoms with Crippen molar-refractivity contribution in [3.05, 3.63) is 12.7 Å². The molecule has 0 aromatic carbocycles. The summed E-state index contributed by atoms with van der Waals surface area (Å²) in [5, 5.41) is 8.64. The van der Waals surface area contributed by atoms with Gasteiger partial charge in [-0.15, -0.1) is 12.5 Å². The fraction of sp³-hybridized carbons (Fsp3) is 0.556. The average molecular weight is 153 g/mol. The highest BCUT2D eigenvalue weighted by atomic mass is 16.3. The molecule has 1 N–H and O–H groups in total. The molecule has 0 fully saturated rings. The van der Waals surface area contributed by atoms with Crippen LogP contribution in [0, 0.1) is 11.8 Å². The van der Waals surface area contributed by atoms with Crippen LogP contribution >= 0.6 is 0 Å². The van der Waals surface area contributed by atoms with Crippen LogP contribution in [0.25, 0.3) is 0 Å². The third-order valence-corrected chi connectivity index (χ3v) is 1.28. The van der Waals surface area contributed by atoms with Crippen LogP contribution in [0.5, 0.6) is 0 Å². The van der Waals surface area contributed by atoms with Crippen LogP contribution in [0.4, 0.5) is 0 Å². The summed E-state index contributed by atoms with van der Waals surface area (Å²) in [5.74, 6) is 5.74. The van der Waals surface area contributed by atoms with Gasteiger partial charge in [0.05, 0.1) is 13.2 Å². The molecule has 0 saturated heterocycles. The fourth-order valence-electron chi connectivity index (χ4n) is 0.750. The van der Waals surface area contributed by atoms with Gasteiger partial charge in [0.15, 0.2) is 0 Å². The molecule has 0 bridgehead atoms. The monoisotopic (exact) mass is 153 g/mol. The second-order valence-electron chi connectivity index (χ2n) is 2.17. The van der Waals surface area contributed by atoms with Crippen molar-refractivity contribution in [3.63, 3.8) is 0 Å².